The highest BCUT2D eigenvalue weighted by atomic mass is 16.5. The molecule has 0 bridgehead atoms. The average Bonchev–Trinajstić information content (AvgIpc) is 2.72. The second kappa shape index (κ2) is 12.4. The second-order valence-electron chi connectivity index (χ2n) is 8.12. The molecule has 0 aliphatic carbocycles. The Morgan fingerprint density at radius 2 is 2.00 bits per heavy atom. The largest absolute Gasteiger partial charge is 0.496 e. The molecule has 0 aromatic heterocycles. The molecule has 1 atom stereocenters. The zero-order valence-electron chi connectivity index (χ0n) is 19.3. The Labute approximate surface area is 181 Å². The Morgan fingerprint density at radius 1 is 1.30 bits per heavy atom. The lowest BCUT2D eigenvalue weighted by atomic mass is 9.88. The number of carbonyl (C=O) groups excluding carboxylic acids is 1. The van der Waals surface area contributed by atoms with Crippen LogP contribution in [0.1, 0.15) is 64.5 Å². The van der Waals surface area contributed by atoms with Crippen LogP contribution in [0.4, 0.5) is 0 Å². The van der Waals surface area contributed by atoms with Crippen molar-refractivity contribution in [3.8, 4) is 5.75 Å². The lowest BCUT2D eigenvalue weighted by Crippen LogP contribution is -2.47. The van der Waals surface area contributed by atoms with Gasteiger partial charge in [-0.05, 0) is 57.3 Å². The number of ether oxygens (including phenoxy) is 1. The lowest BCUT2D eigenvalue weighted by molar-refractivity contribution is -0.150. The Hall–Kier alpha value is -2.34. The standard InChI is InChI=1S/C24H38N2O4/c1-7-26(5)24(4,23(28)29)20-15-14-19(16-21(20)30-6)17-25-22(27)13-11-9-8-10-12-18(2)3/h10,12,14-16,18H,7-9,11,13,17H2,1-6H3,(H,25,27)(H,28,29)/b12-10+/t24-/m1/s1. The predicted molar refractivity (Wildman–Crippen MR) is 121 cm³/mol. The number of benzene rings is 1. The Balaban J connectivity index is 2.71. The molecule has 0 saturated carbocycles. The number of unbranched alkanes of at least 4 members (excludes halogenated alkanes) is 2. The number of carboxylic acids is 1. The summed E-state index contributed by atoms with van der Waals surface area (Å²) in [6.07, 6.45) is 7.72. The molecular weight excluding hydrogens is 380 g/mol. The molecular formula is C24H38N2O4. The molecule has 168 valence electrons. The van der Waals surface area contributed by atoms with Crippen LogP contribution in [0.3, 0.4) is 0 Å². The van der Waals surface area contributed by atoms with Gasteiger partial charge in [-0.3, -0.25) is 9.69 Å². The molecule has 0 fully saturated rings. The Morgan fingerprint density at radius 3 is 2.57 bits per heavy atom. The number of allylic oxidation sites excluding steroid dienone is 2. The van der Waals surface area contributed by atoms with Crippen molar-refractivity contribution in [1.29, 1.82) is 0 Å². The summed E-state index contributed by atoms with van der Waals surface area (Å²) in [4.78, 5) is 25.9. The van der Waals surface area contributed by atoms with Gasteiger partial charge in [0.15, 0.2) is 0 Å². The minimum Gasteiger partial charge on any atom is -0.496 e. The summed E-state index contributed by atoms with van der Waals surface area (Å²) in [5.41, 5.74) is 0.258. The van der Waals surface area contributed by atoms with Gasteiger partial charge >= 0.3 is 5.97 Å². The van der Waals surface area contributed by atoms with Crippen molar-refractivity contribution in [3.63, 3.8) is 0 Å². The average molecular weight is 419 g/mol. The van der Waals surface area contributed by atoms with E-state index in [1.165, 1.54) is 7.11 Å². The van der Waals surface area contributed by atoms with Gasteiger partial charge in [-0.15, -0.1) is 0 Å². The number of hydrogen-bond donors (Lipinski definition) is 2. The third kappa shape index (κ3) is 7.17. The molecule has 1 aromatic rings. The number of hydrogen-bond acceptors (Lipinski definition) is 4. The van der Waals surface area contributed by atoms with Crippen LogP contribution in [-0.2, 0) is 21.7 Å². The SMILES string of the molecule is CCN(C)[C@@](C)(C(=O)O)c1ccc(CNC(=O)CCCC/C=C/C(C)C)cc1OC. The van der Waals surface area contributed by atoms with Crippen molar-refractivity contribution in [1.82, 2.24) is 10.2 Å². The highest BCUT2D eigenvalue weighted by Gasteiger charge is 2.41. The fraction of sp³-hybridized carbons (Fsp3) is 0.583. The first-order valence-corrected chi connectivity index (χ1v) is 10.7. The lowest BCUT2D eigenvalue weighted by Gasteiger charge is -2.35. The Bertz CT molecular complexity index is 730. The van der Waals surface area contributed by atoms with Crippen LogP contribution < -0.4 is 10.1 Å². The number of nitrogens with zero attached hydrogens (tertiary/aromatic N) is 1. The van der Waals surface area contributed by atoms with Gasteiger partial charge in [0.2, 0.25) is 5.91 Å². The van der Waals surface area contributed by atoms with E-state index >= 15 is 0 Å². The van der Waals surface area contributed by atoms with E-state index < -0.39 is 11.5 Å². The van der Waals surface area contributed by atoms with Gasteiger partial charge in [-0.25, -0.2) is 4.79 Å². The van der Waals surface area contributed by atoms with Gasteiger partial charge in [0.05, 0.1) is 7.11 Å². The molecule has 30 heavy (non-hydrogen) atoms. The summed E-state index contributed by atoms with van der Waals surface area (Å²) in [5, 5.41) is 12.8. The van der Waals surface area contributed by atoms with E-state index in [2.05, 4.69) is 31.3 Å². The van der Waals surface area contributed by atoms with Crippen LogP contribution in [0.5, 0.6) is 5.75 Å². The third-order valence-electron chi connectivity index (χ3n) is 5.48. The van der Waals surface area contributed by atoms with Crippen molar-refractivity contribution in [2.75, 3.05) is 20.7 Å². The minimum atomic E-state index is -1.20. The van der Waals surface area contributed by atoms with E-state index in [-0.39, 0.29) is 5.91 Å². The van der Waals surface area contributed by atoms with E-state index in [0.717, 1.165) is 24.8 Å². The van der Waals surface area contributed by atoms with Gasteiger partial charge in [0.25, 0.3) is 0 Å². The van der Waals surface area contributed by atoms with E-state index in [9.17, 15) is 14.7 Å². The number of carboxylic acid groups (broad SMARTS) is 1. The highest BCUT2D eigenvalue weighted by Crippen LogP contribution is 2.35. The molecule has 2 N–H and O–H groups in total. The summed E-state index contributed by atoms with van der Waals surface area (Å²) >= 11 is 0. The molecule has 0 heterocycles. The maximum Gasteiger partial charge on any atom is 0.328 e. The normalized spacial score (nSPS) is 13.6. The molecule has 6 heteroatoms. The van der Waals surface area contributed by atoms with Crippen LogP contribution in [-0.4, -0.2) is 42.6 Å². The van der Waals surface area contributed by atoms with Gasteiger partial charge in [0.1, 0.15) is 11.3 Å². The smallest absolute Gasteiger partial charge is 0.328 e. The second-order valence-corrected chi connectivity index (χ2v) is 8.12. The first-order valence-electron chi connectivity index (χ1n) is 10.7. The van der Waals surface area contributed by atoms with Gasteiger partial charge in [-0.1, -0.05) is 45.1 Å². The van der Waals surface area contributed by atoms with Gasteiger partial charge in [-0.2, -0.15) is 0 Å². The summed E-state index contributed by atoms with van der Waals surface area (Å²) in [7, 11) is 3.31. The monoisotopic (exact) mass is 418 g/mol. The number of amides is 1. The molecule has 1 amide bonds. The summed E-state index contributed by atoms with van der Waals surface area (Å²) < 4.78 is 5.49. The number of rotatable bonds is 13. The van der Waals surface area contributed by atoms with Crippen LogP contribution in [0.15, 0.2) is 30.4 Å². The summed E-state index contributed by atoms with van der Waals surface area (Å²) in [6, 6.07) is 5.43. The van der Waals surface area contributed by atoms with Crippen LogP contribution in [0.2, 0.25) is 0 Å². The fourth-order valence-electron chi connectivity index (χ4n) is 3.25. The molecule has 1 rings (SSSR count). The van der Waals surface area contributed by atoms with Crippen LogP contribution in [0.25, 0.3) is 0 Å². The number of likely N-dealkylation sites (N-methyl/N-ethyl adjacent to an activating group) is 1. The van der Waals surface area contributed by atoms with Crippen molar-refractivity contribution >= 4 is 11.9 Å². The molecule has 0 spiro atoms. The number of nitrogens with one attached hydrogen (secondary N) is 1. The van der Waals surface area contributed by atoms with Crippen LogP contribution >= 0.6 is 0 Å². The number of methoxy groups -OCH3 is 1. The van der Waals surface area contributed by atoms with E-state index in [1.54, 1.807) is 31.0 Å². The maximum absolute atomic E-state index is 12.1. The molecule has 0 saturated heterocycles. The van der Waals surface area contributed by atoms with Gasteiger partial charge in [0, 0.05) is 18.5 Å². The summed E-state index contributed by atoms with van der Waals surface area (Å²) in [5.74, 6) is 0.151. The first kappa shape index (κ1) is 25.7. The van der Waals surface area contributed by atoms with Gasteiger partial charge < -0.3 is 15.2 Å². The van der Waals surface area contributed by atoms with Crippen LogP contribution in [0, 0.1) is 5.92 Å². The zero-order chi connectivity index (χ0) is 22.7. The topological polar surface area (TPSA) is 78.9 Å². The molecule has 0 aliphatic rings. The van der Waals surface area contributed by atoms with E-state index in [1.807, 2.05) is 13.0 Å². The van der Waals surface area contributed by atoms with Crippen molar-refractivity contribution in [2.24, 2.45) is 5.92 Å². The minimum absolute atomic E-state index is 0.0203. The first-order chi connectivity index (χ1) is 14.2. The molecule has 6 nitrogen and oxygen atoms in total. The van der Waals surface area contributed by atoms with Crippen molar-refractivity contribution < 1.29 is 19.4 Å². The quantitative estimate of drug-likeness (QED) is 0.368. The van der Waals surface area contributed by atoms with E-state index in [0.29, 0.717) is 36.7 Å². The Kier molecular flexibility index (Phi) is 10.6. The molecule has 0 aliphatic heterocycles. The van der Waals surface area contributed by atoms with E-state index in [4.69, 9.17) is 4.74 Å². The van der Waals surface area contributed by atoms with Crippen molar-refractivity contribution in [2.45, 2.75) is 65.5 Å². The maximum atomic E-state index is 12.1. The fourth-order valence-corrected chi connectivity index (χ4v) is 3.25. The van der Waals surface area contributed by atoms with Crippen molar-refractivity contribution in [3.05, 3.63) is 41.5 Å². The molecule has 1 aromatic carbocycles. The number of carbonyl (C=O) groups is 2. The third-order valence-corrected chi connectivity index (χ3v) is 5.48. The zero-order valence-corrected chi connectivity index (χ0v) is 19.3. The summed E-state index contributed by atoms with van der Waals surface area (Å²) in [6.45, 7) is 8.85. The molecule has 0 unspecified atom stereocenters. The highest BCUT2D eigenvalue weighted by molar-refractivity contribution is 5.81. The predicted octanol–water partition coefficient (Wildman–Crippen LogP) is 4.34. The number of aliphatic carboxylic acids is 1. The molecule has 0 radical (unpaired) electrons.